The summed E-state index contributed by atoms with van der Waals surface area (Å²) in [6.45, 7) is 0. The quantitative estimate of drug-likeness (QED) is 0.687. The Morgan fingerprint density at radius 3 is 2.35 bits per heavy atom. The number of carbonyl (C=O) groups is 1. The van der Waals surface area contributed by atoms with Crippen molar-refractivity contribution in [1.29, 1.82) is 0 Å². The first-order valence-corrected chi connectivity index (χ1v) is 7.57. The van der Waals surface area contributed by atoms with Crippen LogP contribution in [0, 0.1) is 0 Å². The van der Waals surface area contributed by atoms with Gasteiger partial charge in [-0.2, -0.15) is 0 Å². The molecule has 3 N–H and O–H groups in total. The van der Waals surface area contributed by atoms with Gasteiger partial charge in [0, 0.05) is 24.0 Å². The number of primary amides is 1. The molecule has 0 aliphatic rings. The van der Waals surface area contributed by atoms with E-state index < -0.39 is 5.91 Å². The Labute approximate surface area is 149 Å². The van der Waals surface area contributed by atoms with Crippen LogP contribution in [-0.4, -0.2) is 42.2 Å². The highest BCUT2D eigenvalue weighted by Gasteiger charge is 2.17. The molecule has 0 spiro atoms. The normalized spacial score (nSPS) is 10.4. The van der Waals surface area contributed by atoms with E-state index in [1.54, 1.807) is 30.5 Å². The number of hydrogen-bond acceptors (Lipinski definition) is 8. The molecule has 1 aromatic carbocycles. The van der Waals surface area contributed by atoms with Crippen LogP contribution < -0.4 is 25.3 Å². The number of carbonyl (C=O) groups excluding carboxylic acids is 1. The Morgan fingerprint density at radius 1 is 1.08 bits per heavy atom. The number of benzene rings is 1. The first-order valence-electron chi connectivity index (χ1n) is 7.57. The average Bonchev–Trinajstić information content (AvgIpc) is 2.66. The van der Waals surface area contributed by atoms with Crippen molar-refractivity contribution in [2.45, 2.75) is 0 Å². The molecule has 0 unspecified atom stereocenters. The number of amides is 1. The maximum Gasteiger partial charge on any atom is 0.271 e. The van der Waals surface area contributed by atoms with Crippen molar-refractivity contribution in [2.24, 2.45) is 5.73 Å². The average molecular weight is 355 g/mol. The van der Waals surface area contributed by atoms with Crippen LogP contribution in [0.4, 0.5) is 11.5 Å². The number of aromatic nitrogens is 3. The molecular formula is C17H17N5O4. The number of anilines is 2. The molecular weight excluding hydrogens is 338 g/mol. The zero-order chi connectivity index (χ0) is 18.7. The van der Waals surface area contributed by atoms with Crippen molar-refractivity contribution < 1.29 is 19.0 Å². The minimum absolute atomic E-state index is 0.000693. The second-order valence-electron chi connectivity index (χ2n) is 5.17. The van der Waals surface area contributed by atoms with Gasteiger partial charge in [0.15, 0.2) is 28.7 Å². The molecule has 9 nitrogen and oxygen atoms in total. The number of hydrogen-bond donors (Lipinski definition) is 2. The summed E-state index contributed by atoms with van der Waals surface area (Å²) in [7, 11) is 4.53. The monoisotopic (exact) mass is 355 g/mol. The van der Waals surface area contributed by atoms with Crippen LogP contribution >= 0.6 is 0 Å². The number of methoxy groups -OCH3 is 3. The first kappa shape index (κ1) is 17.2. The molecule has 0 atom stereocenters. The summed E-state index contributed by atoms with van der Waals surface area (Å²) in [5.74, 6) is 0.807. The predicted octanol–water partition coefficient (Wildman–Crippen LogP) is 1.89. The molecule has 134 valence electrons. The number of nitrogens with zero attached hydrogens (tertiary/aromatic N) is 3. The third-order valence-electron chi connectivity index (χ3n) is 3.60. The van der Waals surface area contributed by atoms with Crippen LogP contribution in [0.5, 0.6) is 17.2 Å². The van der Waals surface area contributed by atoms with Gasteiger partial charge in [-0.15, -0.1) is 0 Å². The molecule has 26 heavy (non-hydrogen) atoms. The van der Waals surface area contributed by atoms with Gasteiger partial charge in [-0.25, -0.2) is 15.0 Å². The lowest BCUT2D eigenvalue weighted by Gasteiger charge is -2.15. The van der Waals surface area contributed by atoms with Crippen molar-refractivity contribution in [1.82, 2.24) is 15.0 Å². The van der Waals surface area contributed by atoms with Crippen LogP contribution in [0.15, 0.2) is 30.5 Å². The maximum absolute atomic E-state index is 11.8. The van der Waals surface area contributed by atoms with E-state index in [1.165, 1.54) is 21.3 Å². The van der Waals surface area contributed by atoms with Crippen molar-refractivity contribution in [2.75, 3.05) is 26.6 Å². The Bertz CT molecular complexity index is 952. The molecule has 0 radical (unpaired) electrons. The van der Waals surface area contributed by atoms with Crippen molar-refractivity contribution >= 4 is 28.6 Å². The molecule has 0 aliphatic carbocycles. The SMILES string of the molecule is COc1cc(Nc2nc3ncccc3nc2C(N)=O)cc(OC)c1OC. The fourth-order valence-corrected chi connectivity index (χ4v) is 2.44. The number of nitrogens with one attached hydrogen (secondary N) is 1. The van der Waals surface area contributed by atoms with Gasteiger partial charge < -0.3 is 25.3 Å². The van der Waals surface area contributed by atoms with E-state index >= 15 is 0 Å². The zero-order valence-corrected chi connectivity index (χ0v) is 14.4. The van der Waals surface area contributed by atoms with Gasteiger partial charge >= 0.3 is 0 Å². The second kappa shape index (κ2) is 7.09. The Kier molecular flexibility index (Phi) is 4.70. The number of fused-ring (bicyclic) bond motifs is 1. The van der Waals surface area contributed by atoms with Crippen LogP contribution in [0.2, 0.25) is 0 Å². The summed E-state index contributed by atoms with van der Waals surface area (Å²) in [6.07, 6.45) is 1.59. The van der Waals surface area contributed by atoms with Crippen molar-refractivity contribution in [3.63, 3.8) is 0 Å². The van der Waals surface area contributed by atoms with Gasteiger partial charge in [-0.05, 0) is 12.1 Å². The Balaban J connectivity index is 2.11. The predicted molar refractivity (Wildman–Crippen MR) is 95.2 cm³/mol. The van der Waals surface area contributed by atoms with Crippen LogP contribution in [0.25, 0.3) is 11.2 Å². The lowest BCUT2D eigenvalue weighted by atomic mass is 10.2. The molecule has 0 bridgehead atoms. The lowest BCUT2D eigenvalue weighted by molar-refractivity contribution is 0.0996. The van der Waals surface area contributed by atoms with Gasteiger partial charge in [0.2, 0.25) is 5.75 Å². The zero-order valence-electron chi connectivity index (χ0n) is 14.4. The number of ether oxygens (including phenoxy) is 3. The summed E-state index contributed by atoms with van der Waals surface area (Å²) in [6, 6.07) is 6.76. The van der Waals surface area contributed by atoms with Crippen molar-refractivity contribution in [3.05, 3.63) is 36.2 Å². The third-order valence-corrected chi connectivity index (χ3v) is 3.60. The highest BCUT2D eigenvalue weighted by atomic mass is 16.5. The molecule has 3 aromatic rings. The molecule has 2 heterocycles. The molecule has 2 aromatic heterocycles. The van der Waals surface area contributed by atoms with Crippen LogP contribution in [0.1, 0.15) is 10.5 Å². The molecule has 9 heteroatoms. The number of nitrogens with two attached hydrogens (primary N) is 1. The summed E-state index contributed by atoms with van der Waals surface area (Å²) in [4.78, 5) is 24.5. The highest BCUT2D eigenvalue weighted by Crippen LogP contribution is 2.40. The largest absolute Gasteiger partial charge is 0.493 e. The number of pyridine rings is 1. The van der Waals surface area contributed by atoms with E-state index in [0.717, 1.165) is 0 Å². The van der Waals surface area contributed by atoms with Gasteiger partial charge in [0.05, 0.1) is 21.3 Å². The van der Waals surface area contributed by atoms with E-state index in [1.807, 2.05) is 0 Å². The molecule has 0 saturated carbocycles. The van der Waals surface area contributed by atoms with E-state index in [9.17, 15) is 4.79 Å². The third kappa shape index (κ3) is 3.14. The summed E-state index contributed by atoms with van der Waals surface area (Å²) in [5, 5.41) is 3.02. The summed E-state index contributed by atoms with van der Waals surface area (Å²) >= 11 is 0. The Morgan fingerprint density at radius 2 is 1.77 bits per heavy atom. The van der Waals surface area contributed by atoms with Gasteiger partial charge in [-0.3, -0.25) is 4.79 Å². The standard InChI is InChI=1S/C17H17N5O4/c1-24-11-7-9(8-12(25-2)14(11)26-3)20-17-13(15(18)23)21-10-5-4-6-19-16(10)22-17/h4-8H,1-3H3,(H2,18,23)(H,19,20,22). The second-order valence-corrected chi connectivity index (χ2v) is 5.17. The van der Waals surface area contributed by atoms with Crippen molar-refractivity contribution in [3.8, 4) is 17.2 Å². The minimum Gasteiger partial charge on any atom is -0.493 e. The lowest BCUT2D eigenvalue weighted by Crippen LogP contribution is -2.17. The van der Waals surface area contributed by atoms with Crippen LogP contribution in [-0.2, 0) is 0 Å². The minimum atomic E-state index is -0.710. The Hall–Kier alpha value is -3.62. The number of rotatable bonds is 6. The topological polar surface area (TPSA) is 121 Å². The highest BCUT2D eigenvalue weighted by molar-refractivity contribution is 5.98. The summed E-state index contributed by atoms with van der Waals surface area (Å²) in [5.41, 5.74) is 6.84. The smallest absolute Gasteiger partial charge is 0.271 e. The van der Waals surface area contributed by atoms with E-state index in [0.29, 0.717) is 34.1 Å². The molecule has 0 fully saturated rings. The van der Waals surface area contributed by atoms with E-state index in [4.69, 9.17) is 19.9 Å². The molecule has 0 aliphatic heterocycles. The molecule has 1 amide bonds. The van der Waals surface area contributed by atoms with Crippen LogP contribution in [0.3, 0.4) is 0 Å². The summed E-state index contributed by atoms with van der Waals surface area (Å²) < 4.78 is 15.9. The first-order chi connectivity index (χ1) is 12.6. The maximum atomic E-state index is 11.8. The molecule has 0 saturated heterocycles. The fourth-order valence-electron chi connectivity index (χ4n) is 2.44. The van der Waals surface area contributed by atoms with Gasteiger partial charge in [-0.1, -0.05) is 0 Å². The van der Waals surface area contributed by atoms with Gasteiger partial charge in [0.1, 0.15) is 5.52 Å². The van der Waals surface area contributed by atoms with E-state index in [-0.39, 0.29) is 11.5 Å². The molecule has 3 rings (SSSR count). The fraction of sp³-hybridized carbons (Fsp3) is 0.176. The van der Waals surface area contributed by atoms with Gasteiger partial charge in [0.25, 0.3) is 5.91 Å². The van der Waals surface area contributed by atoms with E-state index in [2.05, 4.69) is 20.3 Å².